The van der Waals surface area contributed by atoms with Gasteiger partial charge in [-0.25, -0.2) is 4.99 Å². The van der Waals surface area contributed by atoms with E-state index < -0.39 is 4.92 Å². The first-order valence-corrected chi connectivity index (χ1v) is 8.86. The molecule has 0 bridgehead atoms. The molecule has 0 unspecified atom stereocenters. The molecule has 0 heterocycles. The van der Waals surface area contributed by atoms with Crippen molar-refractivity contribution in [3.63, 3.8) is 0 Å². The number of nitrogens with zero attached hydrogens (tertiary/aromatic N) is 2. The standard InChI is InChI=1S/C18H21BrN4O3/c1-26-11-10-20-18(21-12-14-2-6-16(19)7-3-14)22-13-15-4-8-17(9-5-15)23(24)25/h2-9H,10-13H2,1H3,(H2,20,21,22). The van der Waals surface area contributed by atoms with Gasteiger partial charge in [-0.2, -0.15) is 0 Å². The fourth-order valence-corrected chi connectivity index (χ4v) is 2.39. The van der Waals surface area contributed by atoms with Crippen LogP contribution in [0.15, 0.2) is 58.0 Å². The van der Waals surface area contributed by atoms with Crippen LogP contribution in [0.5, 0.6) is 0 Å². The molecule has 0 spiro atoms. The summed E-state index contributed by atoms with van der Waals surface area (Å²) >= 11 is 3.42. The van der Waals surface area contributed by atoms with Gasteiger partial charge in [0.05, 0.1) is 18.1 Å². The van der Waals surface area contributed by atoms with E-state index in [0.717, 1.165) is 15.6 Å². The van der Waals surface area contributed by atoms with Crippen LogP contribution in [-0.4, -0.2) is 31.1 Å². The number of non-ortho nitro benzene ring substituents is 1. The van der Waals surface area contributed by atoms with Crippen LogP contribution in [0.4, 0.5) is 5.69 Å². The van der Waals surface area contributed by atoms with E-state index in [9.17, 15) is 10.1 Å². The third kappa shape index (κ3) is 6.81. The molecule has 0 aliphatic heterocycles. The number of hydrogen-bond donors (Lipinski definition) is 2. The summed E-state index contributed by atoms with van der Waals surface area (Å²) in [6, 6.07) is 14.4. The first kappa shape index (κ1) is 19.9. The molecule has 0 aliphatic rings. The van der Waals surface area contributed by atoms with Gasteiger partial charge < -0.3 is 15.4 Å². The molecule has 0 amide bonds. The maximum atomic E-state index is 10.7. The van der Waals surface area contributed by atoms with Gasteiger partial charge in [0.25, 0.3) is 5.69 Å². The van der Waals surface area contributed by atoms with Gasteiger partial charge in [0.15, 0.2) is 5.96 Å². The van der Waals surface area contributed by atoms with Gasteiger partial charge in [-0.15, -0.1) is 0 Å². The van der Waals surface area contributed by atoms with Crippen molar-refractivity contribution in [1.29, 1.82) is 0 Å². The number of hydrogen-bond acceptors (Lipinski definition) is 4. The minimum absolute atomic E-state index is 0.0797. The Morgan fingerprint density at radius 2 is 1.77 bits per heavy atom. The van der Waals surface area contributed by atoms with E-state index >= 15 is 0 Å². The van der Waals surface area contributed by atoms with Gasteiger partial charge in [0, 0.05) is 36.8 Å². The largest absolute Gasteiger partial charge is 0.383 e. The number of guanidine groups is 1. The quantitative estimate of drug-likeness (QED) is 0.225. The van der Waals surface area contributed by atoms with Crippen LogP contribution >= 0.6 is 15.9 Å². The van der Waals surface area contributed by atoms with Gasteiger partial charge in [-0.1, -0.05) is 40.2 Å². The minimum atomic E-state index is -0.408. The van der Waals surface area contributed by atoms with E-state index in [-0.39, 0.29) is 5.69 Å². The Bertz CT molecular complexity index is 733. The lowest BCUT2D eigenvalue weighted by molar-refractivity contribution is -0.384. The maximum Gasteiger partial charge on any atom is 0.269 e. The second-order valence-corrected chi connectivity index (χ2v) is 6.40. The van der Waals surface area contributed by atoms with Gasteiger partial charge in [-0.05, 0) is 23.3 Å². The second kappa shape index (κ2) is 10.5. The number of methoxy groups -OCH3 is 1. The Morgan fingerprint density at radius 3 is 2.38 bits per heavy atom. The van der Waals surface area contributed by atoms with Crippen molar-refractivity contribution in [1.82, 2.24) is 10.6 Å². The molecule has 26 heavy (non-hydrogen) atoms. The molecule has 2 aromatic rings. The fraction of sp³-hybridized carbons (Fsp3) is 0.278. The Morgan fingerprint density at radius 1 is 1.12 bits per heavy atom. The SMILES string of the molecule is COCCNC(=NCc1ccc(Br)cc1)NCc1ccc([N+](=O)[O-])cc1. The van der Waals surface area contributed by atoms with Gasteiger partial charge >= 0.3 is 0 Å². The molecule has 2 aromatic carbocycles. The predicted molar refractivity (Wildman–Crippen MR) is 105 cm³/mol. The van der Waals surface area contributed by atoms with Crippen molar-refractivity contribution in [2.75, 3.05) is 20.3 Å². The van der Waals surface area contributed by atoms with E-state index in [2.05, 4.69) is 31.6 Å². The third-order valence-electron chi connectivity index (χ3n) is 3.54. The van der Waals surface area contributed by atoms with Crippen LogP contribution in [0.2, 0.25) is 0 Å². The highest BCUT2D eigenvalue weighted by atomic mass is 79.9. The van der Waals surface area contributed by atoms with Crippen LogP contribution in [0.1, 0.15) is 11.1 Å². The lowest BCUT2D eigenvalue weighted by Gasteiger charge is -2.12. The molecule has 0 saturated heterocycles. The molecule has 8 heteroatoms. The average molecular weight is 421 g/mol. The van der Waals surface area contributed by atoms with E-state index in [0.29, 0.717) is 32.2 Å². The zero-order chi connectivity index (χ0) is 18.8. The monoisotopic (exact) mass is 420 g/mol. The molecule has 0 aromatic heterocycles. The Kier molecular flexibility index (Phi) is 8.04. The smallest absolute Gasteiger partial charge is 0.269 e. The summed E-state index contributed by atoms with van der Waals surface area (Å²) in [5.41, 5.74) is 2.10. The molecule has 7 nitrogen and oxygen atoms in total. The summed E-state index contributed by atoms with van der Waals surface area (Å²) in [6.07, 6.45) is 0. The Balaban J connectivity index is 1.97. The van der Waals surface area contributed by atoms with Gasteiger partial charge in [-0.3, -0.25) is 10.1 Å². The molecular formula is C18H21BrN4O3. The highest BCUT2D eigenvalue weighted by molar-refractivity contribution is 9.10. The highest BCUT2D eigenvalue weighted by Crippen LogP contribution is 2.12. The highest BCUT2D eigenvalue weighted by Gasteiger charge is 2.05. The summed E-state index contributed by atoms with van der Waals surface area (Å²) in [5.74, 6) is 0.656. The molecular weight excluding hydrogens is 400 g/mol. The summed E-state index contributed by atoms with van der Waals surface area (Å²) < 4.78 is 6.08. The second-order valence-electron chi connectivity index (χ2n) is 5.49. The van der Waals surface area contributed by atoms with Crippen molar-refractivity contribution in [3.8, 4) is 0 Å². The van der Waals surface area contributed by atoms with E-state index in [1.54, 1.807) is 19.2 Å². The van der Waals surface area contributed by atoms with Crippen LogP contribution in [0.25, 0.3) is 0 Å². The number of nitrogens with one attached hydrogen (secondary N) is 2. The van der Waals surface area contributed by atoms with Crippen molar-refractivity contribution in [2.24, 2.45) is 4.99 Å². The molecule has 0 aliphatic carbocycles. The van der Waals surface area contributed by atoms with Gasteiger partial charge in [0.1, 0.15) is 0 Å². The van der Waals surface area contributed by atoms with E-state index in [4.69, 9.17) is 4.74 Å². The minimum Gasteiger partial charge on any atom is -0.383 e. The fourth-order valence-electron chi connectivity index (χ4n) is 2.13. The van der Waals surface area contributed by atoms with Crippen molar-refractivity contribution < 1.29 is 9.66 Å². The number of nitro groups is 1. The predicted octanol–water partition coefficient (Wildman–Crippen LogP) is 3.24. The van der Waals surface area contributed by atoms with Crippen molar-refractivity contribution in [2.45, 2.75) is 13.1 Å². The first-order valence-electron chi connectivity index (χ1n) is 8.07. The lowest BCUT2D eigenvalue weighted by atomic mass is 10.2. The topological polar surface area (TPSA) is 88.8 Å². The zero-order valence-electron chi connectivity index (χ0n) is 14.4. The average Bonchev–Trinajstić information content (AvgIpc) is 2.65. The maximum absolute atomic E-state index is 10.7. The summed E-state index contributed by atoms with van der Waals surface area (Å²) in [4.78, 5) is 14.9. The van der Waals surface area contributed by atoms with Crippen LogP contribution in [-0.2, 0) is 17.8 Å². The van der Waals surface area contributed by atoms with E-state index in [1.165, 1.54) is 12.1 Å². The molecule has 0 saturated carbocycles. The van der Waals surface area contributed by atoms with Crippen molar-refractivity contribution in [3.05, 3.63) is 74.2 Å². The molecule has 138 valence electrons. The first-order chi connectivity index (χ1) is 12.6. The number of aliphatic imine (C=N–C) groups is 1. The van der Waals surface area contributed by atoms with Crippen molar-refractivity contribution >= 4 is 27.6 Å². The normalized spacial score (nSPS) is 11.2. The summed E-state index contributed by atoms with van der Waals surface area (Å²) in [5, 5.41) is 17.1. The third-order valence-corrected chi connectivity index (χ3v) is 4.07. The van der Waals surface area contributed by atoms with Crippen LogP contribution in [0, 0.1) is 10.1 Å². The van der Waals surface area contributed by atoms with E-state index in [1.807, 2.05) is 24.3 Å². The number of rotatable bonds is 8. The summed E-state index contributed by atoms with van der Waals surface area (Å²) in [7, 11) is 1.64. The van der Waals surface area contributed by atoms with Gasteiger partial charge in [0.2, 0.25) is 0 Å². The molecule has 0 radical (unpaired) electrons. The molecule has 0 atom stereocenters. The number of ether oxygens (including phenoxy) is 1. The number of halogens is 1. The molecule has 0 fully saturated rings. The molecule has 2 N–H and O–H groups in total. The lowest BCUT2D eigenvalue weighted by Crippen LogP contribution is -2.38. The number of nitro benzene ring substituents is 1. The number of benzene rings is 2. The zero-order valence-corrected chi connectivity index (χ0v) is 16.0. The molecule has 2 rings (SSSR count). The van der Waals surface area contributed by atoms with Crippen LogP contribution in [0.3, 0.4) is 0 Å². The summed E-state index contributed by atoms with van der Waals surface area (Å²) in [6.45, 7) is 2.24. The van der Waals surface area contributed by atoms with Crippen LogP contribution < -0.4 is 10.6 Å². The Labute approximate surface area is 160 Å². The Hall–Kier alpha value is -2.45.